The predicted molar refractivity (Wildman–Crippen MR) is 119 cm³/mol. The Balaban J connectivity index is 6.66. The molecule has 0 heterocycles. The zero-order valence-corrected chi connectivity index (χ0v) is 23.4. The Morgan fingerprint density at radius 2 is 0.762 bits per heavy atom. The number of alkyl halides is 18. The maximum absolute atomic E-state index is 14.5. The zero-order chi connectivity index (χ0) is 33.8. The number of halogens is 18. The molecule has 253 valence electrons. The van der Waals surface area contributed by atoms with E-state index >= 15 is 0 Å². The van der Waals surface area contributed by atoms with Crippen LogP contribution >= 0.6 is 23.2 Å². The molecule has 0 aromatic carbocycles. The van der Waals surface area contributed by atoms with Crippen LogP contribution in [0.2, 0.25) is 0 Å². The molecule has 0 rings (SSSR count). The van der Waals surface area contributed by atoms with Crippen LogP contribution in [0.3, 0.4) is 0 Å². The van der Waals surface area contributed by atoms with Crippen molar-refractivity contribution in [3.05, 3.63) is 0 Å². The van der Waals surface area contributed by atoms with E-state index in [2.05, 4.69) is 23.2 Å². The molecule has 0 aliphatic carbocycles. The van der Waals surface area contributed by atoms with Gasteiger partial charge in [0.15, 0.2) is 0 Å². The minimum Gasteiger partial charge on any atom is -0.200 e. The van der Waals surface area contributed by atoms with Crippen molar-refractivity contribution < 1.29 is 75.5 Å². The SMILES string of the molecule is CCCCCC(CC(F)(F)C(F)(F)C(F)(F)C(F)(F)Cl)N([O])C(CCCCC)CC(F)(F)C(F)(F)C(F)(F)C(F)(F)Cl. The second kappa shape index (κ2) is 14.2. The fraction of sp³-hybridized carbons (Fsp3) is 1.00. The van der Waals surface area contributed by atoms with E-state index in [0.717, 1.165) is 0 Å². The standard InChI is InChI=1S/C22H28Cl2F16NO/c1-3-5-7-9-13(11-15(25,26)17(29,30)19(33,34)21(23,37)38)41(42)14(10-8-6-4-2)12-16(27,28)18(31,32)20(35,36)22(24,39)40/h13-14H,3-12H2,1-2H3. The van der Waals surface area contributed by atoms with Gasteiger partial charge in [0.1, 0.15) is 0 Å². The lowest BCUT2D eigenvalue weighted by molar-refractivity contribution is -0.361. The van der Waals surface area contributed by atoms with E-state index in [-0.39, 0.29) is 38.5 Å². The van der Waals surface area contributed by atoms with Crippen LogP contribution in [-0.4, -0.2) is 63.4 Å². The molecular formula is C22H28Cl2F16NO. The largest absolute Gasteiger partial charge is 0.392 e. The summed E-state index contributed by atoms with van der Waals surface area (Å²) in [5.74, 6) is -40.2. The average Bonchev–Trinajstić information content (AvgIpc) is 2.80. The van der Waals surface area contributed by atoms with Gasteiger partial charge in [-0.3, -0.25) is 0 Å². The quantitative estimate of drug-likeness (QED) is 0.0538. The van der Waals surface area contributed by atoms with Gasteiger partial charge in [0, 0.05) is 24.9 Å². The van der Waals surface area contributed by atoms with Gasteiger partial charge in [-0.25, -0.2) is 0 Å². The topological polar surface area (TPSA) is 23.1 Å². The van der Waals surface area contributed by atoms with E-state index in [4.69, 9.17) is 0 Å². The normalized spacial score (nSPS) is 16.7. The molecular weight excluding hydrogens is 669 g/mol. The summed E-state index contributed by atoms with van der Waals surface area (Å²) in [7, 11) is 0. The summed E-state index contributed by atoms with van der Waals surface area (Å²) in [5.41, 5.74) is 0. The van der Waals surface area contributed by atoms with Crippen LogP contribution in [0.5, 0.6) is 0 Å². The number of rotatable bonds is 20. The van der Waals surface area contributed by atoms with Crippen LogP contribution in [-0.2, 0) is 5.21 Å². The van der Waals surface area contributed by atoms with Crippen molar-refractivity contribution in [3.63, 3.8) is 0 Å². The summed E-state index contributed by atoms with van der Waals surface area (Å²) in [6, 6.07) is -5.47. The molecule has 20 heteroatoms. The second-order valence-corrected chi connectivity index (χ2v) is 10.7. The molecule has 0 fully saturated rings. The number of unbranched alkanes of at least 4 members (excludes halogenated alkanes) is 4. The Kier molecular flexibility index (Phi) is 14.0. The third kappa shape index (κ3) is 8.76. The molecule has 42 heavy (non-hydrogen) atoms. The minimum absolute atomic E-state index is 0.0218. The molecule has 0 N–H and O–H groups in total. The van der Waals surface area contributed by atoms with E-state index in [1.807, 2.05) is 0 Å². The van der Waals surface area contributed by atoms with Gasteiger partial charge < -0.3 is 0 Å². The first-order valence-electron chi connectivity index (χ1n) is 12.4. The van der Waals surface area contributed by atoms with E-state index < -0.39 is 89.1 Å². The molecule has 2 unspecified atom stereocenters. The van der Waals surface area contributed by atoms with Crippen molar-refractivity contribution >= 4 is 23.2 Å². The lowest BCUT2D eigenvalue weighted by Gasteiger charge is -2.40. The first kappa shape index (κ1) is 41.4. The molecule has 0 aromatic heterocycles. The second-order valence-electron chi connectivity index (χ2n) is 9.77. The van der Waals surface area contributed by atoms with Crippen molar-refractivity contribution in [3.8, 4) is 0 Å². The Morgan fingerprint density at radius 1 is 0.500 bits per heavy atom. The highest BCUT2D eigenvalue weighted by Gasteiger charge is 2.81. The number of hydrogen-bond acceptors (Lipinski definition) is 1. The number of nitrogens with zero attached hydrogens (tertiary/aromatic N) is 1. The van der Waals surface area contributed by atoms with Gasteiger partial charge >= 0.3 is 46.3 Å². The van der Waals surface area contributed by atoms with Crippen LogP contribution in [0.15, 0.2) is 0 Å². The van der Waals surface area contributed by atoms with Crippen LogP contribution in [0.4, 0.5) is 70.2 Å². The molecule has 0 aromatic rings. The summed E-state index contributed by atoms with van der Waals surface area (Å²) in [5, 5.41) is -0.423. The highest BCUT2D eigenvalue weighted by Crippen LogP contribution is 2.57. The van der Waals surface area contributed by atoms with Crippen molar-refractivity contribution in [2.45, 2.75) is 136 Å². The van der Waals surface area contributed by atoms with Gasteiger partial charge in [-0.1, -0.05) is 52.4 Å². The van der Waals surface area contributed by atoms with Crippen molar-refractivity contribution in [2.24, 2.45) is 0 Å². The highest BCUT2D eigenvalue weighted by molar-refractivity contribution is 6.22. The minimum atomic E-state index is -6.96. The molecule has 2 nitrogen and oxygen atoms in total. The molecule has 0 bridgehead atoms. The summed E-state index contributed by atoms with van der Waals surface area (Å²) in [6.45, 7) is 2.97. The summed E-state index contributed by atoms with van der Waals surface area (Å²) in [6.07, 6.45) is -7.65. The molecule has 1 radical (unpaired) electrons. The Bertz CT molecular complexity index is 766. The first-order valence-corrected chi connectivity index (χ1v) is 13.1. The summed E-state index contributed by atoms with van der Waals surface area (Å²) < 4.78 is 220. The van der Waals surface area contributed by atoms with Crippen LogP contribution in [0.25, 0.3) is 0 Å². The van der Waals surface area contributed by atoms with Gasteiger partial charge in [0.05, 0.1) is 0 Å². The van der Waals surface area contributed by atoms with Gasteiger partial charge in [0.25, 0.3) is 0 Å². The average molecular weight is 697 g/mol. The van der Waals surface area contributed by atoms with Crippen molar-refractivity contribution in [1.82, 2.24) is 5.06 Å². The molecule has 0 spiro atoms. The maximum Gasteiger partial charge on any atom is 0.392 e. The van der Waals surface area contributed by atoms with E-state index in [1.54, 1.807) is 0 Å². The molecule has 0 saturated heterocycles. The monoisotopic (exact) mass is 696 g/mol. The van der Waals surface area contributed by atoms with E-state index in [1.165, 1.54) is 13.8 Å². The summed E-state index contributed by atoms with van der Waals surface area (Å²) in [4.78, 5) is 0. The smallest absolute Gasteiger partial charge is 0.200 e. The predicted octanol–water partition coefficient (Wildman–Crippen LogP) is 10.8. The van der Waals surface area contributed by atoms with E-state index in [0.29, 0.717) is 0 Å². The Hall–Kier alpha value is -0.620. The number of hydrogen-bond donors (Lipinski definition) is 0. The van der Waals surface area contributed by atoms with Gasteiger partial charge in [0.2, 0.25) is 0 Å². The van der Waals surface area contributed by atoms with Gasteiger partial charge in [-0.15, -0.1) is 10.3 Å². The van der Waals surface area contributed by atoms with Crippen molar-refractivity contribution in [1.29, 1.82) is 0 Å². The van der Waals surface area contributed by atoms with Gasteiger partial charge in [-0.05, 0) is 36.0 Å². The van der Waals surface area contributed by atoms with E-state index in [9.17, 15) is 75.5 Å². The first-order chi connectivity index (χ1) is 18.5. The fourth-order valence-corrected chi connectivity index (χ4v) is 4.10. The maximum atomic E-state index is 14.5. The lowest BCUT2D eigenvalue weighted by Crippen LogP contribution is -2.63. The molecule has 0 saturated carbocycles. The summed E-state index contributed by atoms with van der Waals surface area (Å²) >= 11 is 7.75. The molecule has 0 aliphatic heterocycles. The fourth-order valence-electron chi connectivity index (χ4n) is 3.86. The third-order valence-electron chi connectivity index (χ3n) is 6.41. The van der Waals surface area contributed by atoms with Crippen molar-refractivity contribution in [2.75, 3.05) is 0 Å². The Morgan fingerprint density at radius 3 is 0.976 bits per heavy atom. The van der Waals surface area contributed by atoms with Crippen LogP contribution in [0, 0.1) is 0 Å². The highest BCUT2D eigenvalue weighted by atomic mass is 35.5. The zero-order valence-electron chi connectivity index (χ0n) is 21.9. The molecule has 0 amide bonds. The van der Waals surface area contributed by atoms with Crippen LogP contribution < -0.4 is 0 Å². The Labute approximate surface area is 240 Å². The third-order valence-corrected chi connectivity index (χ3v) is 6.88. The number of hydroxylamine groups is 2. The van der Waals surface area contributed by atoms with Gasteiger partial charge in [-0.2, -0.15) is 70.2 Å². The molecule has 2 atom stereocenters. The van der Waals surface area contributed by atoms with Crippen LogP contribution in [0.1, 0.15) is 78.1 Å². The molecule has 0 aliphatic rings. The lowest BCUT2D eigenvalue weighted by atomic mass is 9.90.